The molecule has 20 heavy (non-hydrogen) atoms. The summed E-state index contributed by atoms with van der Waals surface area (Å²) in [5, 5.41) is 6.32. The number of benzene rings is 1. The molecule has 0 atom stereocenters. The maximum absolute atomic E-state index is 12.0. The molecule has 5 heteroatoms. The predicted octanol–water partition coefficient (Wildman–Crippen LogP) is 1.58. The van der Waals surface area contributed by atoms with Crippen molar-refractivity contribution in [3.63, 3.8) is 0 Å². The van der Waals surface area contributed by atoms with Crippen molar-refractivity contribution in [2.45, 2.75) is 25.3 Å². The van der Waals surface area contributed by atoms with Crippen molar-refractivity contribution in [1.29, 1.82) is 0 Å². The van der Waals surface area contributed by atoms with Crippen LogP contribution >= 0.6 is 0 Å². The van der Waals surface area contributed by atoms with E-state index >= 15 is 0 Å². The maximum atomic E-state index is 12.0. The molecule has 1 aromatic carbocycles. The van der Waals surface area contributed by atoms with E-state index in [-0.39, 0.29) is 5.91 Å². The molecule has 2 rings (SSSR count). The van der Waals surface area contributed by atoms with E-state index in [1.54, 1.807) is 32.4 Å². The molecule has 0 unspecified atom stereocenters. The van der Waals surface area contributed by atoms with Gasteiger partial charge in [-0.2, -0.15) is 0 Å². The molecule has 0 aliphatic heterocycles. The SMILES string of the molecule is COc1cc(OC)cc(C(=O)NCCCNC2CC2)c1. The first-order chi connectivity index (χ1) is 9.72. The molecule has 0 heterocycles. The number of nitrogens with one attached hydrogen (secondary N) is 2. The molecular formula is C15H22N2O3. The molecule has 1 aromatic rings. The van der Waals surface area contributed by atoms with Crippen LogP contribution in [0.1, 0.15) is 29.6 Å². The van der Waals surface area contributed by atoms with Gasteiger partial charge < -0.3 is 20.1 Å². The van der Waals surface area contributed by atoms with E-state index in [4.69, 9.17) is 9.47 Å². The van der Waals surface area contributed by atoms with Crippen molar-refractivity contribution < 1.29 is 14.3 Å². The van der Waals surface area contributed by atoms with E-state index in [0.29, 0.717) is 29.6 Å². The Balaban J connectivity index is 1.80. The molecule has 1 aliphatic rings. The average Bonchev–Trinajstić information content (AvgIpc) is 3.30. The molecule has 110 valence electrons. The number of carbonyl (C=O) groups is 1. The standard InChI is InChI=1S/C15H22N2O3/c1-19-13-8-11(9-14(10-13)20-2)15(18)17-7-3-6-16-12-4-5-12/h8-10,12,16H,3-7H2,1-2H3,(H,17,18). The fourth-order valence-corrected chi connectivity index (χ4v) is 1.92. The van der Waals surface area contributed by atoms with Crippen molar-refractivity contribution >= 4 is 5.91 Å². The summed E-state index contributed by atoms with van der Waals surface area (Å²) in [5.74, 6) is 1.13. The van der Waals surface area contributed by atoms with Gasteiger partial charge in [0, 0.05) is 24.2 Å². The first kappa shape index (κ1) is 14.7. The highest BCUT2D eigenvalue weighted by Gasteiger charge is 2.19. The lowest BCUT2D eigenvalue weighted by atomic mass is 10.2. The number of hydrogen-bond acceptors (Lipinski definition) is 4. The van der Waals surface area contributed by atoms with Gasteiger partial charge in [-0.25, -0.2) is 0 Å². The summed E-state index contributed by atoms with van der Waals surface area (Å²) in [4.78, 5) is 12.0. The minimum Gasteiger partial charge on any atom is -0.497 e. The van der Waals surface area contributed by atoms with Crippen molar-refractivity contribution in [3.8, 4) is 11.5 Å². The number of carbonyl (C=O) groups excluding carboxylic acids is 1. The van der Waals surface area contributed by atoms with Gasteiger partial charge in [-0.15, -0.1) is 0 Å². The molecule has 0 radical (unpaired) electrons. The second-order valence-corrected chi connectivity index (χ2v) is 4.94. The highest BCUT2D eigenvalue weighted by molar-refractivity contribution is 5.95. The first-order valence-electron chi connectivity index (χ1n) is 6.97. The third-order valence-corrected chi connectivity index (χ3v) is 3.26. The van der Waals surface area contributed by atoms with Crippen molar-refractivity contribution in [3.05, 3.63) is 23.8 Å². The van der Waals surface area contributed by atoms with Crippen molar-refractivity contribution in [1.82, 2.24) is 10.6 Å². The number of hydrogen-bond donors (Lipinski definition) is 2. The predicted molar refractivity (Wildman–Crippen MR) is 77.5 cm³/mol. The Hall–Kier alpha value is -1.75. The minimum absolute atomic E-state index is 0.103. The van der Waals surface area contributed by atoms with Crippen LogP contribution in [0.3, 0.4) is 0 Å². The van der Waals surface area contributed by atoms with E-state index in [0.717, 1.165) is 13.0 Å². The topological polar surface area (TPSA) is 59.6 Å². The zero-order valence-electron chi connectivity index (χ0n) is 12.1. The zero-order chi connectivity index (χ0) is 14.4. The van der Waals surface area contributed by atoms with E-state index in [9.17, 15) is 4.79 Å². The van der Waals surface area contributed by atoms with Gasteiger partial charge in [-0.3, -0.25) is 4.79 Å². The summed E-state index contributed by atoms with van der Waals surface area (Å²) in [5.41, 5.74) is 0.552. The number of ether oxygens (including phenoxy) is 2. The van der Waals surface area contributed by atoms with Crippen molar-refractivity contribution in [2.24, 2.45) is 0 Å². The minimum atomic E-state index is -0.103. The van der Waals surface area contributed by atoms with Gasteiger partial charge in [0.1, 0.15) is 11.5 Å². The molecule has 1 fully saturated rings. The van der Waals surface area contributed by atoms with Crippen LogP contribution in [0, 0.1) is 0 Å². The Morgan fingerprint density at radius 3 is 2.35 bits per heavy atom. The summed E-state index contributed by atoms with van der Waals surface area (Å²) in [6.07, 6.45) is 3.51. The van der Waals surface area contributed by atoms with Gasteiger partial charge in [0.25, 0.3) is 5.91 Å². The van der Waals surface area contributed by atoms with Gasteiger partial charge >= 0.3 is 0 Å². The van der Waals surface area contributed by atoms with Gasteiger partial charge in [-0.1, -0.05) is 0 Å². The summed E-state index contributed by atoms with van der Waals surface area (Å²) in [7, 11) is 3.14. The maximum Gasteiger partial charge on any atom is 0.251 e. The Kier molecular flexibility index (Phi) is 5.24. The molecule has 0 spiro atoms. The molecule has 5 nitrogen and oxygen atoms in total. The van der Waals surface area contributed by atoms with Crippen LogP contribution in [0.2, 0.25) is 0 Å². The second kappa shape index (κ2) is 7.14. The Morgan fingerprint density at radius 1 is 1.15 bits per heavy atom. The number of methoxy groups -OCH3 is 2. The lowest BCUT2D eigenvalue weighted by Gasteiger charge is -2.09. The van der Waals surface area contributed by atoms with Crippen LogP contribution in [0.25, 0.3) is 0 Å². The quantitative estimate of drug-likeness (QED) is 0.709. The van der Waals surface area contributed by atoms with Crippen molar-refractivity contribution in [2.75, 3.05) is 27.3 Å². The van der Waals surface area contributed by atoms with Crippen LogP contribution in [-0.2, 0) is 0 Å². The summed E-state index contributed by atoms with van der Waals surface area (Å²) < 4.78 is 10.3. The summed E-state index contributed by atoms with van der Waals surface area (Å²) >= 11 is 0. The first-order valence-corrected chi connectivity index (χ1v) is 6.97. The molecule has 1 aliphatic carbocycles. The van der Waals surface area contributed by atoms with Gasteiger partial charge in [-0.05, 0) is 37.9 Å². The highest BCUT2D eigenvalue weighted by Crippen LogP contribution is 2.22. The monoisotopic (exact) mass is 278 g/mol. The third kappa shape index (κ3) is 4.42. The Bertz CT molecular complexity index is 436. The normalized spacial score (nSPS) is 13.9. The molecule has 2 N–H and O–H groups in total. The zero-order valence-corrected chi connectivity index (χ0v) is 12.1. The van der Waals surface area contributed by atoms with Gasteiger partial charge in [0.2, 0.25) is 0 Å². The average molecular weight is 278 g/mol. The van der Waals surface area contributed by atoms with Crippen LogP contribution in [0.5, 0.6) is 11.5 Å². The van der Waals surface area contributed by atoms with E-state index < -0.39 is 0 Å². The summed E-state index contributed by atoms with van der Waals surface area (Å²) in [6.45, 7) is 1.62. The molecule has 1 saturated carbocycles. The molecular weight excluding hydrogens is 256 g/mol. The number of amides is 1. The van der Waals surface area contributed by atoms with Crippen LogP contribution in [0.4, 0.5) is 0 Å². The largest absolute Gasteiger partial charge is 0.497 e. The third-order valence-electron chi connectivity index (χ3n) is 3.26. The van der Waals surface area contributed by atoms with Gasteiger partial charge in [0.15, 0.2) is 0 Å². The number of rotatable bonds is 8. The van der Waals surface area contributed by atoms with Crippen LogP contribution in [-0.4, -0.2) is 39.3 Å². The van der Waals surface area contributed by atoms with Crippen LogP contribution < -0.4 is 20.1 Å². The lowest BCUT2D eigenvalue weighted by molar-refractivity contribution is 0.0952. The summed E-state index contributed by atoms with van der Waals surface area (Å²) in [6, 6.07) is 5.88. The molecule has 0 saturated heterocycles. The highest BCUT2D eigenvalue weighted by atomic mass is 16.5. The molecule has 0 aromatic heterocycles. The van der Waals surface area contributed by atoms with E-state index in [1.165, 1.54) is 12.8 Å². The molecule has 0 bridgehead atoms. The van der Waals surface area contributed by atoms with Crippen LogP contribution in [0.15, 0.2) is 18.2 Å². The smallest absolute Gasteiger partial charge is 0.251 e. The van der Waals surface area contributed by atoms with E-state index in [2.05, 4.69) is 10.6 Å². The van der Waals surface area contributed by atoms with Gasteiger partial charge in [0.05, 0.1) is 14.2 Å². The Labute approximate surface area is 119 Å². The second-order valence-electron chi connectivity index (χ2n) is 4.94. The fraction of sp³-hybridized carbons (Fsp3) is 0.533. The fourth-order valence-electron chi connectivity index (χ4n) is 1.92. The van der Waals surface area contributed by atoms with E-state index in [1.807, 2.05) is 0 Å². The Morgan fingerprint density at radius 2 is 1.80 bits per heavy atom. The molecule has 1 amide bonds. The lowest BCUT2D eigenvalue weighted by Crippen LogP contribution is -2.28.